The van der Waals surface area contributed by atoms with Gasteiger partial charge in [0.25, 0.3) is 0 Å². The van der Waals surface area contributed by atoms with Crippen molar-refractivity contribution >= 4 is 0 Å². The SMILES string of the molecule is Cc1cc(C#N)cc(C(F)(F)F)n1. The molecule has 1 aromatic rings. The number of nitriles is 1. The highest BCUT2D eigenvalue weighted by molar-refractivity contribution is 5.32. The smallest absolute Gasteiger partial charge is 0.249 e. The predicted octanol–water partition coefficient (Wildman–Crippen LogP) is 2.28. The number of hydrogen-bond acceptors (Lipinski definition) is 2. The Balaban J connectivity index is 3.26. The van der Waals surface area contributed by atoms with Crippen molar-refractivity contribution in [3.63, 3.8) is 0 Å². The minimum Gasteiger partial charge on any atom is -0.249 e. The van der Waals surface area contributed by atoms with Gasteiger partial charge in [0, 0.05) is 5.69 Å². The largest absolute Gasteiger partial charge is 0.433 e. The molecule has 0 bridgehead atoms. The van der Waals surface area contributed by atoms with E-state index in [0.717, 1.165) is 6.07 Å². The molecule has 0 radical (unpaired) electrons. The summed E-state index contributed by atoms with van der Waals surface area (Å²) in [5.74, 6) is 0. The van der Waals surface area contributed by atoms with Crippen LogP contribution in [0, 0.1) is 18.3 Å². The molecule has 0 amide bonds. The first-order chi connectivity index (χ1) is 5.93. The Hall–Kier alpha value is -1.57. The van der Waals surface area contributed by atoms with Gasteiger partial charge in [-0.3, -0.25) is 0 Å². The second-order valence-corrected chi connectivity index (χ2v) is 2.49. The van der Waals surface area contributed by atoms with Crippen molar-refractivity contribution in [2.45, 2.75) is 13.1 Å². The van der Waals surface area contributed by atoms with Gasteiger partial charge in [0.15, 0.2) is 0 Å². The zero-order valence-corrected chi connectivity index (χ0v) is 6.68. The maximum Gasteiger partial charge on any atom is 0.433 e. The number of alkyl halides is 3. The summed E-state index contributed by atoms with van der Waals surface area (Å²) in [5.41, 5.74) is -0.866. The molecule has 0 atom stereocenters. The number of pyridine rings is 1. The van der Waals surface area contributed by atoms with Gasteiger partial charge in [-0.25, -0.2) is 4.98 Å². The molecular formula is C8H5F3N2. The first-order valence-electron chi connectivity index (χ1n) is 3.39. The van der Waals surface area contributed by atoms with Crippen molar-refractivity contribution in [1.82, 2.24) is 4.98 Å². The van der Waals surface area contributed by atoms with E-state index in [1.165, 1.54) is 13.0 Å². The predicted molar refractivity (Wildman–Crippen MR) is 38.7 cm³/mol. The molecule has 0 aromatic carbocycles. The molecule has 0 aliphatic heterocycles. The molecule has 13 heavy (non-hydrogen) atoms. The zero-order valence-electron chi connectivity index (χ0n) is 6.68. The molecule has 0 unspecified atom stereocenters. The van der Waals surface area contributed by atoms with Crippen LogP contribution in [0.25, 0.3) is 0 Å². The standard InChI is InChI=1S/C8H5F3N2/c1-5-2-6(4-12)3-7(13-5)8(9,10)11/h2-3H,1H3. The van der Waals surface area contributed by atoms with Gasteiger partial charge in [-0.05, 0) is 19.1 Å². The summed E-state index contributed by atoms with van der Waals surface area (Å²) in [5, 5.41) is 8.41. The fraction of sp³-hybridized carbons (Fsp3) is 0.250. The highest BCUT2D eigenvalue weighted by atomic mass is 19.4. The van der Waals surface area contributed by atoms with E-state index in [-0.39, 0.29) is 11.3 Å². The Bertz CT molecular complexity index is 363. The summed E-state index contributed by atoms with van der Waals surface area (Å²) >= 11 is 0. The molecule has 0 fully saturated rings. The maximum absolute atomic E-state index is 12.1. The maximum atomic E-state index is 12.1. The Morgan fingerprint density at radius 2 is 2.00 bits per heavy atom. The summed E-state index contributed by atoms with van der Waals surface area (Å²) in [6.45, 7) is 1.41. The van der Waals surface area contributed by atoms with Crippen LogP contribution in [0.15, 0.2) is 12.1 Å². The van der Waals surface area contributed by atoms with Crippen LogP contribution in [0.3, 0.4) is 0 Å². The van der Waals surface area contributed by atoms with Crippen LogP contribution >= 0.6 is 0 Å². The van der Waals surface area contributed by atoms with Crippen molar-refractivity contribution < 1.29 is 13.2 Å². The van der Waals surface area contributed by atoms with Crippen molar-refractivity contribution in [3.8, 4) is 6.07 Å². The van der Waals surface area contributed by atoms with Crippen LogP contribution in [-0.2, 0) is 6.18 Å². The molecular weight excluding hydrogens is 181 g/mol. The van der Waals surface area contributed by atoms with Crippen LogP contribution in [0.4, 0.5) is 13.2 Å². The van der Waals surface area contributed by atoms with E-state index in [2.05, 4.69) is 4.98 Å². The number of hydrogen-bond donors (Lipinski definition) is 0. The minimum atomic E-state index is -4.49. The van der Waals surface area contributed by atoms with E-state index < -0.39 is 11.9 Å². The van der Waals surface area contributed by atoms with Gasteiger partial charge < -0.3 is 0 Å². The molecule has 1 heterocycles. The van der Waals surface area contributed by atoms with E-state index in [1.54, 1.807) is 6.07 Å². The molecule has 68 valence electrons. The number of halogens is 3. The third-order valence-corrected chi connectivity index (χ3v) is 1.37. The lowest BCUT2D eigenvalue weighted by Crippen LogP contribution is -2.09. The fourth-order valence-corrected chi connectivity index (χ4v) is 0.878. The quantitative estimate of drug-likeness (QED) is 0.623. The summed E-state index contributed by atoms with van der Waals surface area (Å²) in [6, 6.07) is 3.67. The second kappa shape index (κ2) is 3.05. The summed E-state index contributed by atoms with van der Waals surface area (Å²) in [6.07, 6.45) is -4.49. The molecule has 0 saturated heterocycles. The van der Waals surface area contributed by atoms with E-state index in [4.69, 9.17) is 5.26 Å². The second-order valence-electron chi connectivity index (χ2n) is 2.49. The lowest BCUT2D eigenvalue weighted by atomic mass is 10.2. The number of nitrogens with zero attached hydrogens (tertiary/aromatic N) is 2. The van der Waals surface area contributed by atoms with E-state index in [0.29, 0.717) is 0 Å². The molecule has 0 spiro atoms. The third-order valence-electron chi connectivity index (χ3n) is 1.37. The highest BCUT2D eigenvalue weighted by Crippen LogP contribution is 2.28. The molecule has 1 aromatic heterocycles. The lowest BCUT2D eigenvalue weighted by Gasteiger charge is -2.06. The minimum absolute atomic E-state index is 0.0279. The van der Waals surface area contributed by atoms with Crippen molar-refractivity contribution in [2.24, 2.45) is 0 Å². The van der Waals surface area contributed by atoms with Gasteiger partial charge in [-0.2, -0.15) is 18.4 Å². The zero-order chi connectivity index (χ0) is 10.1. The van der Waals surface area contributed by atoms with Crippen molar-refractivity contribution in [2.75, 3.05) is 0 Å². The Labute approximate surface area is 72.6 Å². The normalized spacial score (nSPS) is 11.0. The molecule has 0 N–H and O–H groups in total. The van der Waals surface area contributed by atoms with Gasteiger partial charge >= 0.3 is 6.18 Å². The first kappa shape index (κ1) is 9.52. The average Bonchev–Trinajstić information content (AvgIpc) is 2.01. The van der Waals surface area contributed by atoms with Crippen molar-refractivity contribution in [1.29, 1.82) is 5.26 Å². The van der Waals surface area contributed by atoms with Crippen LogP contribution in [0.1, 0.15) is 17.0 Å². The molecule has 2 nitrogen and oxygen atoms in total. The Morgan fingerprint density at radius 1 is 1.38 bits per heavy atom. The van der Waals surface area contributed by atoms with Gasteiger partial charge in [-0.15, -0.1) is 0 Å². The number of aromatic nitrogens is 1. The van der Waals surface area contributed by atoms with Gasteiger partial charge in [-0.1, -0.05) is 0 Å². The molecule has 5 heteroatoms. The number of aryl methyl sites for hydroxylation is 1. The van der Waals surface area contributed by atoms with Gasteiger partial charge in [0.05, 0.1) is 11.6 Å². The third kappa shape index (κ3) is 2.18. The van der Waals surface area contributed by atoms with Crippen LogP contribution in [0.2, 0.25) is 0 Å². The van der Waals surface area contributed by atoms with E-state index in [1.807, 2.05) is 0 Å². The van der Waals surface area contributed by atoms with Crippen molar-refractivity contribution in [3.05, 3.63) is 29.1 Å². The lowest BCUT2D eigenvalue weighted by molar-refractivity contribution is -0.141. The van der Waals surface area contributed by atoms with Gasteiger partial charge in [0.1, 0.15) is 5.69 Å². The van der Waals surface area contributed by atoms with E-state index >= 15 is 0 Å². The van der Waals surface area contributed by atoms with Gasteiger partial charge in [0.2, 0.25) is 0 Å². The molecule has 1 rings (SSSR count). The Kier molecular flexibility index (Phi) is 2.24. The molecule has 0 aliphatic carbocycles. The monoisotopic (exact) mass is 186 g/mol. The van der Waals surface area contributed by atoms with Crippen LogP contribution in [-0.4, -0.2) is 4.98 Å². The Morgan fingerprint density at radius 3 is 2.46 bits per heavy atom. The number of rotatable bonds is 0. The topological polar surface area (TPSA) is 36.7 Å². The summed E-state index contributed by atoms with van der Waals surface area (Å²) < 4.78 is 36.3. The van der Waals surface area contributed by atoms with E-state index in [9.17, 15) is 13.2 Å². The summed E-state index contributed by atoms with van der Waals surface area (Å²) in [4.78, 5) is 3.28. The van der Waals surface area contributed by atoms with Crippen LogP contribution in [0.5, 0.6) is 0 Å². The average molecular weight is 186 g/mol. The molecule has 0 saturated carbocycles. The summed E-state index contributed by atoms with van der Waals surface area (Å²) in [7, 11) is 0. The van der Waals surface area contributed by atoms with Crippen LogP contribution < -0.4 is 0 Å². The fourth-order valence-electron chi connectivity index (χ4n) is 0.878. The highest BCUT2D eigenvalue weighted by Gasteiger charge is 2.32. The molecule has 0 aliphatic rings. The first-order valence-corrected chi connectivity index (χ1v) is 3.39.